The maximum atomic E-state index is 10.8. The van der Waals surface area contributed by atoms with Gasteiger partial charge >= 0.3 is 5.97 Å². The molecule has 0 fully saturated rings. The molecule has 0 aromatic carbocycles. The number of rotatable bonds is 5. The summed E-state index contributed by atoms with van der Waals surface area (Å²) in [6, 6.07) is 0. The van der Waals surface area contributed by atoms with Gasteiger partial charge in [-0.25, -0.2) is 0 Å². The zero-order valence-electron chi connectivity index (χ0n) is 7.29. The minimum absolute atomic E-state index is 0.181. The lowest BCUT2D eigenvalue weighted by Crippen LogP contribution is -2.38. The molecule has 0 aromatic rings. The number of hydrogen-bond donors (Lipinski definition) is 3. The van der Waals surface area contributed by atoms with Crippen LogP contribution in [-0.4, -0.2) is 36.0 Å². The zero-order chi connectivity index (χ0) is 10.3. The molecular formula is C7H12N2O4. The Balaban J connectivity index is 3.52. The summed E-state index contributed by atoms with van der Waals surface area (Å²) in [6.45, 7) is 1.05. The fraction of sp³-hybridized carbons (Fsp3) is 0.571. The number of nitrogens with one attached hydrogen (secondary N) is 2. The van der Waals surface area contributed by atoms with Crippen molar-refractivity contribution in [2.45, 2.75) is 13.3 Å². The number of carbonyl (C=O) groups excluding carboxylic acids is 2. The van der Waals surface area contributed by atoms with Gasteiger partial charge in [0.25, 0.3) is 0 Å². The van der Waals surface area contributed by atoms with Gasteiger partial charge in [-0.15, -0.1) is 0 Å². The largest absolute Gasteiger partial charge is 0.480 e. The molecule has 0 aliphatic carbocycles. The van der Waals surface area contributed by atoms with E-state index in [1.807, 2.05) is 0 Å². The van der Waals surface area contributed by atoms with Crippen LogP contribution in [-0.2, 0) is 14.4 Å². The number of carboxylic acids is 1. The summed E-state index contributed by atoms with van der Waals surface area (Å²) in [4.78, 5) is 31.4. The second-order valence-corrected chi connectivity index (χ2v) is 2.30. The Hall–Kier alpha value is -1.59. The molecule has 0 aliphatic rings. The van der Waals surface area contributed by atoms with E-state index < -0.39 is 18.4 Å². The summed E-state index contributed by atoms with van der Waals surface area (Å²) in [7, 11) is 0. The lowest BCUT2D eigenvalue weighted by atomic mass is 10.4. The van der Waals surface area contributed by atoms with E-state index in [0.717, 1.165) is 0 Å². The maximum Gasteiger partial charge on any atom is 0.322 e. The summed E-state index contributed by atoms with van der Waals surface area (Å²) >= 11 is 0. The first-order chi connectivity index (χ1) is 6.06. The average Bonchev–Trinajstić information content (AvgIpc) is 2.10. The monoisotopic (exact) mass is 188 g/mol. The number of hydrogen-bond acceptors (Lipinski definition) is 3. The third kappa shape index (κ3) is 6.79. The lowest BCUT2D eigenvalue weighted by molar-refractivity contribution is -0.137. The zero-order valence-corrected chi connectivity index (χ0v) is 7.29. The molecule has 74 valence electrons. The highest BCUT2D eigenvalue weighted by Crippen LogP contribution is 1.73. The van der Waals surface area contributed by atoms with Gasteiger partial charge in [0.2, 0.25) is 11.8 Å². The highest BCUT2D eigenvalue weighted by atomic mass is 16.4. The molecule has 2 amide bonds. The Kier molecular flexibility index (Phi) is 5.25. The van der Waals surface area contributed by atoms with Crippen LogP contribution in [0.15, 0.2) is 0 Å². The van der Waals surface area contributed by atoms with Crippen molar-refractivity contribution in [3.8, 4) is 0 Å². The highest BCUT2D eigenvalue weighted by Gasteiger charge is 2.04. The summed E-state index contributed by atoms with van der Waals surface area (Å²) < 4.78 is 0. The van der Waals surface area contributed by atoms with E-state index >= 15 is 0 Å². The van der Waals surface area contributed by atoms with Gasteiger partial charge in [0.15, 0.2) is 0 Å². The maximum absolute atomic E-state index is 10.8. The number of aliphatic carboxylic acids is 1. The molecule has 13 heavy (non-hydrogen) atoms. The van der Waals surface area contributed by atoms with Crippen molar-refractivity contribution in [1.82, 2.24) is 10.6 Å². The highest BCUT2D eigenvalue weighted by molar-refractivity contribution is 5.86. The summed E-state index contributed by atoms with van der Waals surface area (Å²) in [5.74, 6) is -1.87. The first kappa shape index (κ1) is 11.4. The van der Waals surface area contributed by atoms with Gasteiger partial charge in [0, 0.05) is 6.42 Å². The SMILES string of the molecule is CCC(=O)NCC(=O)NCC(=O)O. The van der Waals surface area contributed by atoms with Gasteiger partial charge in [0.1, 0.15) is 6.54 Å². The van der Waals surface area contributed by atoms with Crippen LogP contribution in [0.1, 0.15) is 13.3 Å². The second-order valence-electron chi connectivity index (χ2n) is 2.30. The normalized spacial score (nSPS) is 9.00. The van der Waals surface area contributed by atoms with Crippen LogP contribution < -0.4 is 10.6 Å². The van der Waals surface area contributed by atoms with E-state index in [1.165, 1.54) is 0 Å². The van der Waals surface area contributed by atoms with Gasteiger partial charge in [-0.3, -0.25) is 14.4 Å². The standard InChI is InChI=1S/C7H12N2O4/c1-2-5(10)8-3-6(11)9-4-7(12)13/h2-4H2,1H3,(H,8,10)(H,9,11)(H,12,13). The first-order valence-electron chi connectivity index (χ1n) is 3.81. The molecule has 0 aromatic heterocycles. The third-order valence-corrected chi connectivity index (χ3v) is 1.20. The van der Waals surface area contributed by atoms with Gasteiger partial charge in [-0.05, 0) is 0 Å². The molecule has 0 radical (unpaired) electrons. The van der Waals surface area contributed by atoms with Crippen molar-refractivity contribution in [2.24, 2.45) is 0 Å². The van der Waals surface area contributed by atoms with Gasteiger partial charge in [-0.1, -0.05) is 6.92 Å². The molecule has 0 saturated heterocycles. The molecule has 0 spiro atoms. The fourth-order valence-electron chi connectivity index (χ4n) is 0.541. The van der Waals surface area contributed by atoms with E-state index in [9.17, 15) is 14.4 Å². The molecule has 0 aliphatic heterocycles. The van der Waals surface area contributed by atoms with Gasteiger partial charge < -0.3 is 15.7 Å². The quantitative estimate of drug-likeness (QED) is 0.500. The topological polar surface area (TPSA) is 95.5 Å². The van der Waals surface area contributed by atoms with E-state index in [2.05, 4.69) is 10.6 Å². The van der Waals surface area contributed by atoms with Crippen molar-refractivity contribution in [3.05, 3.63) is 0 Å². The van der Waals surface area contributed by atoms with Crippen LogP contribution >= 0.6 is 0 Å². The van der Waals surface area contributed by atoms with E-state index in [0.29, 0.717) is 6.42 Å². The smallest absolute Gasteiger partial charge is 0.322 e. The molecule has 6 nitrogen and oxygen atoms in total. The van der Waals surface area contributed by atoms with Crippen LogP contribution in [0.3, 0.4) is 0 Å². The minimum atomic E-state index is -1.12. The van der Waals surface area contributed by atoms with E-state index in [1.54, 1.807) is 6.92 Å². The molecule has 0 rings (SSSR count). The predicted molar refractivity (Wildman–Crippen MR) is 43.9 cm³/mol. The van der Waals surface area contributed by atoms with Crippen molar-refractivity contribution in [2.75, 3.05) is 13.1 Å². The summed E-state index contributed by atoms with van der Waals surface area (Å²) in [5.41, 5.74) is 0. The Morgan fingerprint density at radius 3 is 2.08 bits per heavy atom. The van der Waals surface area contributed by atoms with Crippen LogP contribution in [0.4, 0.5) is 0 Å². The van der Waals surface area contributed by atoms with Crippen LogP contribution in [0.5, 0.6) is 0 Å². The lowest BCUT2D eigenvalue weighted by Gasteiger charge is -2.03. The van der Waals surface area contributed by atoms with Gasteiger partial charge in [0.05, 0.1) is 6.54 Å². The number of amides is 2. The molecule has 3 N–H and O–H groups in total. The van der Waals surface area contributed by atoms with Crippen LogP contribution in [0.25, 0.3) is 0 Å². The fourth-order valence-corrected chi connectivity index (χ4v) is 0.541. The Morgan fingerprint density at radius 2 is 1.62 bits per heavy atom. The summed E-state index contributed by atoms with van der Waals surface area (Å²) in [5, 5.41) is 12.6. The molecule has 0 unspecified atom stereocenters. The van der Waals surface area contributed by atoms with Crippen LogP contribution in [0, 0.1) is 0 Å². The summed E-state index contributed by atoms with van der Waals surface area (Å²) in [6.07, 6.45) is 0.298. The van der Waals surface area contributed by atoms with E-state index in [4.69, 9.17) is 5.11 Å². The molecule has 6 heteroatoms. The average molecular weight is 188 g/mol. The van der Waals surface area contributed by atoms with E-state index in [-0.39, 0.29) is 12.5 Å². The molecule has 0 atom stereocenters. The van der Waals surface area contributed by atoms with Crippen molar-refractivity contribution >= 4 is 17.8 Å². The number of carboxylic acid groups (broad SMARTS) is 1. The van der Waals surface area contributed by atoms with Crippen molar-refractivity contribution in [1.29, 1.82) is 0 Å². The Bertz CT molecular complexity index is 215. The van der Waals surface area contributed by atoms with Crippen LogP contribution in [0.2, 0.25) is 0 Å². The second kappa shape index (κ2) is 5.99. The minimum Gasteiger partial charge on any atom is -0.480 e. The Labute approximate surface area is 75.3 Å². The predicted octanol–water partition coefficient (Wildman–Crippen LogP) is -1.29. The van der Waals surface area contributed by atoms with Crippen molar-refractivity contribution in [3.63, 3.8) is 0 Å². The molecule has 0 bridgehead atoms. The van der Waals surface area contributed by atoms with Gasteiger partial charge in [-0.2, -0.15) is 0 Å². The third-order valence-electron chi connectivity index (χ3n) is 1.20. The Morgan fingerprint density at radius 1 is 1.08 bits per heavy atom. The number of carbonyl (C=O) groups is 3. The molecule has 0 heterocycles. The molecule has 0 saturated carbocycles. The molecular weight excluding hydrogens is 176 g/mol. The first-order valence-corrected chi connectivity index (χ1v) is 3.81. The van der Waals surface area contributed by atoms with Crippen molar-refractivity contribution < 1.29 is 19.5 Å².